The first-order valence-electron chi connectivity index (χ1n) is 8.32. The fraction of sp³-hybridized carbons (Fsp3) is 0.350. The lowest BCUT2D eigenvalue weighted by atomic mass is 10.1. The Hall–Kier alpha value is -2.29. The second-order valence-electron chi connectivity index (χ2n) is 5.93. The van der Waals surface area contributed by atoms with Gasteiger partial charge in [0.15, 0.2) is 0 Å². The molecule has 2 rings (SSSR count). The van der Waals surface area contributed by atoms with E-state index >= 15 is 0 Å². The van der Waals surface area contributed by atoms with Crippen molar-refractivity contribution in [1.29, 1.82) is 0 Å². The summed E-state index contributed by atoms with van der Waals surface area (Å²) < 4.78 is 0. The van der Waals surface area contributed by atoms with Crippen LogP contribution in [0.4, 0.5) is 11.4 Å². The summed E-state index contributed by atoms with van der Waals surface area (Å²) in [4.78, 5) is 14.6. The van der Waals surface area contributed by atoms with Gasteiger partial charge in [-0.15, -0.1) is 0 Å². The highest BCUT2D eigenvalue weighted by Gasteiger charge is 2.09. The number of nitrogens with zero attached hydrogens (tertiary/aromatic N) is 1. The summed E-state index contributed by atoms with van der Waals surface area (Å²) in [5, 5.41) is 2.95. The van der Waals surface area contributed by atoms with Gasteiger partial charge in [-0.2, -0.15) is 0 Å². The monoisotopic (exact) mass is 310 g/mol. The topological polar surface area (TPSA) is 32.3 Å². The van der Waals surface area contributed by atoms with Gasteiger partial charge >= 0.3 is 0 Å². The van der Waals surface area contributed by atoms with Gasteiger partial charge in [0.05, 0.1) is 0 Å². The van der Waals surface area contributed by atoms with Gasteiger partial charge in [-0.25, -0.2) is 0 Å². The normalized spacial score (nSPS) is 10.7. The molecular formula is C20H26N2O. The third-order valence-corrected chi connectivity index (χ3v) is 4.05. The standard InChI is InChI=1S/C20H26N2O/c1-5-16-7-9-17(10-8-16)20(23)21-18-11-13-19(14-12-18)22(6-2)15(3)4/h7-15H,5-6H2,1-4H3,(H,21,23). The second-order valence-corrected chi connectivity index (χ2v) is 5.93. The zero-order valence-electron chi connectivity index (χ0n) is 14.5. The van der Waals surface area contributed by atoms with E-state index < -0.39 is 0 Å². The van der Waals surface area contributed by atoms with E-state index in [1.165, 1.54) is 11.3 Å². The Morgan fingerprint density at radius 2 is 1.61 bits per heavy atom. The molecule has 0 aliphatic rings. The van der Waals surface area contributed by atoms with Crippen molar-refractivity contribution in [3.8, 4) is 0 Å². The molecule has 2 aromatic carbocycles. The Kier molecular flexibility index (Phi) is 5.80. The minimum Gasteiger partial charge on any atom is -0.369 e. The molecular weight excluding hydrogens is 284 g/mol. The van der Waals surface area contributed by atoms with Gasteiger partial charge < -0.3 is 10.2 Å². The zero-order chi connectivity index (χ0) is 16.8. The third kappa shape index (κ3) is 4.35. The lowest BCUT2D eigenvalue weighted by Gasteiger charge is -2.27. The molecule has 1 N–H and O–H groups in total. The summed E-state index contributed by atoms with van der Waals surface area (Å²) in [6, 6.07) is 16.2. The van der Waals surface area contributed by atoms with Gasteiger partial charge in [0.1, 0.15) is 0 Å². The number of amides is 1. The van der Waals surface area contributed by atoms with Gasteiger partial charge in [-0.1, -0.05) is 19.1 Å². The van der Waals surface area contributed by atoms with Gasteiger partial charge in [0.25, 0.3) is 5.91 Å². The van der Waals surface area contributed by atoms with E-state index in [1.54, 1.807) is 0 Å². The Bertz CT molecular complexity index is 630. The fourth-order valence-corrected chi connectivity index (χ4v) is 2.68. The van der Waals surface area contributed by atoms with E-state index in [4.69, 9.17) is 0 Å². The van der Waals surface area contributed by atoms with Gasteiger partial charge in [-0.3, -0.25) is 4.79 Å². The van der Waals surface area contributed by atoms with Crippen molar-refractivity contribution in [1.82, 2.24) is 0 Å². The van der Waals surface area contributed by atoms with Crippen LogP contribution < -0.4 is 10.2 Å². The molecule has 0 aliphatic heterocycles. The average Bonchev–Trinajstić information content (AvgIpc) is 2.56. The van der Waals surface area contributed by atoms with Crippen LogP contribution >= 0.6 is 0 Å². The number of anilines is 2. The molecule has 0 heterocycles. The molecule has 0 aliphatic carbocycles. The number of hydrogen-bond acceptors (Lipinski definition) is 2. The predicted molar refractivity (Wildman–Crippen MR) is 98.4 cm³/mol. The molecule has 0 saturated carbocycles. The van der Waals surface area contributed by atoms with Crippen LogP contribution in [-0.2, 0) is 6.42 Å². The van der Waals surface area contributed by atoms with Crippen molar-refractivity contribution in [3.05, 3.63) is 59.7 Å². The lowest BCUT2D eigenvalue weighted by molar-refractivity contribution is 0.102. The average molecular weight is 310 g/mol. The van der Waals surface area contributed by atoms with Crippen molar-refractivity contribution in [2.75, 3.05) is 16.8 Å². The lowest BCUT2D eigenvalue weighted by Crippen LogP contribution is -2.30. The zero-order valence-corrected chi connectivity index (χ0v) is 14.5. The molecule has 3 nitrogen and oxygen atoms in total. The first kappa shape index (κ1) is 17.1. The molecule has 0 unspecified atom stereocenters. The van der Waals surface area contributed by atoms with E-state index in [9.17, 15) is 4.79 Å². The minimum atomic E-state index is -0.0726. The molecule has 0 atom stereocenters. The van der Waals surface area contributed by atoms with Crippen LogP contribution in [0, 0.1) is 0 Å². The van der Waals surface area contributed by atoms with Crippen molar-refractivity contribution >= 4 is 17.3 Å². The van der Waals surface area contributed by atoms with Gasteiger partial charge in [0.2, 0.25) is 0 Å². The van der Waals surface area contributed by atoms with Gasteiger partial charge in [0, 0.05) is 29.5 Å². The number of carbonyl (C=O) groups is 1. The highest BCUT2D eigenvalue weighted by molar-refractivity contribution is 6.04. The molecule has 0 spiro atoms. The van der Waals surface area contributed by atoms with Crippen LogP contribution in [0.25, 0.3) is 0 Å². The third-order valence-electron chi connectivity index (χ3n) is 4.05. The van der Waals surface area contributed by atoms with Gasteiger partial charge in [-0.05, 0) is 69.2 Å². The molecule has 122 valence electrons. The molecule has 0 saturated heterocycles. The summed E-state index contributed by atoms with van der Waals surface area (Å²) in [5.41, 5.74) is 3.91. The predicted octanol–water partition coefficient (Wildman–Crippen LogP) is 4.74. The van der Waals surface area contributed by atoms with E-state index in [0.29, 0.717) is 11.6 Å². The summed E-state index contributed by atoms with van der Waals surface area (Å²) >= 11 is 0. The first-order chi connectivity index (χ1) is 11.0. The van der Waals surface area contributed by atoms with Crippen LogP contribution in [0.3, 0.4) is 0 Å². The summed E-state index contributed by atoms with van der Waals surface area (Å²) in [6.45, 7) is 9.58. The minimum absolute atomic E-state index is 0.0726. The number of benzene rings is 2. The number of aryl methyl sites for hydroxylation is 1. The van der Waals surface area contributed by atoms with Crippen molar-refractivity contribution in [2.24, 2.45) is 0 Å². The summed E-state index contributed by atoms with van der Waals surface area (Å²) in [5.74, 6) is -0.0726. The van der Waals surface area contributed by atoms with E-state index in [0.717, 1.165) is 18.7 Å². The van der Waals surface area contributed by atoms with E-state index in [1.807, 2.05) is 36.4 Å². The molecule has 0 fully saturated rings. The van der Waals surface area contributed by atoms with Crippen LogP contribution in [0.1, 0.15) is 43.6 Å². The van der Waals surface area contributed by atoms with Crippen molar-refractivity contribution < 1.29 is 4.79 Å². The maximum atomic E-state index is 12.3. The molecule has 0 aromatic heterocycles. The Morgan fingerprint density at radius 3 is 2.09 bits per heavy atom. The summed E-state index contributed by atoms with van der Waals surface area (Å²) in [6.07, 6.45) is 0.979. The first-order valence-corrected chi connectivity index (χ1v) is 8.32. The largest absolute Gasteiger partial charge is 0.369 e. The number of nitrogens with one attached hydrogen (secondary N) is 1. The van der Waals surface area contributed by atoms with Crippen molar-refractivity contribution in [3.63, 3.8) is 0 Å². The maximum absolute atomic E-state index is 12.3. The van der Waals surface area contributed by atoms with Crippen LogP contribution in [0.2, 0.25) is 0 Å². The van der Waals surface area contributed by atoms with Crippen LogP contribution in [0.5, 0.6) is 0 Å². The highest BCUT2D eigenvalue weighted by atomic mass is 16.1. The highest BCUT2D eigenvalue weighted by Crippen LogP contribution is 2.20. The molecule has 23 heavy (non-hydrogen) atoms. The Labute approximate surface area is 139 Å². The molecule has 0 bridgehead atoms. The Balaban J connectivity index is 2.06. The molecule has 1 amide bonds. The summed E-state index contributed by atoms with van der Waals surface area (Å²) in [7, 11) is 0. The number of rotatable bonds is 6. The fourth-order valence-electron chi connectivity index (χ4n) is 2.68. The quantitative estimate of drug-likeness (QED) is 0.836. The molecule has 2 aromatic rings. The van der Waals surface area contributed by atoms with Crippen LogP contribution in [-0.4, -0.2) is 18.5 Å². The van der Waals surface area contributed by atoms with Crippen LogP contribution in [0.15, 0.2) is 48.5 Å². The number of carbonyl (C=O) groups excluding carboxylic acids is 1. The maximum Gasteiger partial charge on any atom is 0.255 e. The Morgan fingerprint density at radius 1 is 1.00 bits per heavy atom. The SMILES string of the molecule is CCc1ccc(C(=O)Nc2ccc(N(CC)C(C)C)cc2)cc1. The smallest absolute Gasteiger partial charge is 0.255 e. The molecule has 0 radical (unpaired) electrons. The van der Waals surface area contributed by atoms with E-state index in [-0.39, 0.29) is 5.91 Å². The molecule has 3 heteroatoms. The van der Waals surface area contributed by atoms with E-state index in [2.05, 4.69) is 50.0 Å². The number of hydrogen-bond donors (Lipinski definition) is 1. The second kappa shape index (κ2) is 7.82. The van der Waals surface area contributed by atoms with Crippen molar-refractivity contribution in [2.45, 2.75) is 40.2 Å².